The summed E-state index contributed by atoms with van der Waals surface area (Å²) in [5, 5.41) is 11.1. The molecule has 160 valence electrons. The van der Waals surface area contributed by atoms with Crippen molar-refractivity contribution in [1.29, 1.82) is 0 Å². The molecule has 7 heteroatoms. The van der Waals surface area contributed by atoms with E-state index in [4.69, 9.17) is 14.2 Å². The van der Waals surface area contributed by atoms with Gasteiger partial charge in [0.2, 0.25) is 0 Å². The number of hydrogen-bond acceptors (Lipinski definition) is 7. The highest BCUT2D eigenvalue weighted by atomic mass is 16.6. The Morgan fingerprint density at radius 3 is 2.72 bits per heavy atom. The zero-order valence-corrected chi connectivity index (χ0v) is 17.5. The minimum atomic E-state index is -1.28. The van der Waals surface area contributed by atoms with Gasteiger partial charge in [-0.3, -0.25) is 9.59 Å². The average Bonchev–Trinajstić information content (AvgIpc) is 2.93. The van der Waals surface area contributed by atoms with Crippen molar-refractivity contribution < 1.29 is 33.7 Å². The molecule has 7 nitrogen and oxygen atoms in total. The number of aliphatic hydroxyl groups is 1. The van der Waals surface area contributed by atoms with Gasteiger partial charge in [-0.1, -0.05) is 32.1 Å². The maximum absolute atomic E-state index is 12.1. The molecule has 1 fully saturated rings. The van der Waals surface area contributed by atoms with Crippen molar-refractivity contribution in [3.63, 3.8) is 0 Å². The largest absolute Gasteiger partial charge is 0.461 e. The highest BCUT2D eigenvalue weighted by Gasteiger charge is 2.46. The quantitative estimate of drug-likeness (QED) is 0.324. The molecule has 5 atom stereocenters. The molecule has 0 aromatic rings. The lowest BCUT2D eigenvalue weighted by molar-refractivity contribution is -0.154. The SMILES string of the molecule is C=C1C(=O)O[C@@H]2/C=C(/C)CC/C=C(/COC(=O)[C@@H](C)CC)[C@@H](OC(C)=O)[C@@H](O)[C@@H]12. The number of allylic oxidation sites excluding steroid dienone is 2. The molecule has 0 radical (unpaired) electrons. The van der Waals surface area contributed by atoms with Gasteiger partial charge in [0.15, 0.2) is 6.10 Å². The molecule has 0 unspecified atom stereocenters. The lowest BCUT2D eigenvalue weighted by Gasteiger charge is -2.31. The molecule has 0 bridgehead atoms. The topological polar surface area (TPSA) is 99.1 Å². The molecule has 1 N–H and O–H groups in total. The number of aliphatic hydroxyl groups excluding tert-OH is 1. The molecule has 1 heterocycles. The first-order chi connectivity index (χ1) is 13.6. The fourth-order valence-electron chi connectivity index (χ4n) is 3.45. The fourth-order valence-corrected chi connectivity index (χ4v) is 3.45. The number of carbonyl (C=O) groups excluding carboxylic acids is 3. The maximum atomic E-state index is 12.1. The Morgan fingerprint density at radius 2 is 2.10 bits per heavy atom. The molecule has 1 aliphatic carbocycles. The van der Waals surface area contributed by atoms with Crippen molar-refractivity contribution in [2.45, 2.75) is 65.3 Å². The molecule has 0 aromatic heterocycles. The van der Waals surface area contributed by atoms with Crippen LogP contribution in [0, 0.1) is 11.8 Å². The van der Waals surface area contributed by atoms with E-state index in [1.807, 2.05) is 19.9 Å². The Morgan fingerprint density at radius 1 is 1.41 bits per heavy atom. The summed E-state index contributed by atoms with van der Waals surface area (Å²) in [6, 6.07) is 0. The van der Waals surface area contributed by atoms with Crippen LogP contribution in [0.1, 0.15) is 47.0 Å². The van der Waals surface area contributed by atoms with Crippen LogP contribution >= 0.6 is 0 Å². The first-order valence-electron chi connectivity index (χ1n) is 9.93. The summed E-state index contributed by atoms with van der Waals surface area (Å²) in [6.07, 6.45) is 2.48. The second-order valence-corrected chi connectivity index (χ2v) is 7.69. The van der Waals surface area contributed by atoms with E-state index in [0.717, 1.165) is 5.57 Å². The van der Waals surface area contributed by atoms with Gasteiger partial charge in [-0.25, -0.2) is 4.79 Å². The standard InChI is InChI=1S/C22H30O7/c1-6-13(3)21(25)27-11-16-9-7-8-12(2)10-17-18(14(4)22(26)29-17)19(24)20(16)28-15(5)23/h9-10,13,17-20,24H,4,6-8,11H2,1-3,5H3/b12-10-,16-9-/t13-,17+,18-,19-,20+/m0/s1. The lowest BCUT2D eigenvalue weighted by Crippen LogP contribution is -2.42. The Hall–Kier alpha value is -2.41. The number of esters is 3. The van der Waals surface area contributed by atoms with Crippen LogP contribution in [0.3, 0.4) is 0 Å². The van der Waals surface area contributed by atoms with Gasteiger partial charge in [0.25, 0.3) is 0 Å². The van der Waals surface area contributed by atoms with Gasteiger partial charge in [0.1, 0.15) is 18.8 Å². The van der Waals surface area contributed by atoms with Gasteiger partial charge >= 0.3 is 17.9 Å². The molecule has 29 heavy (non-hydrogen) atoms. The van der Waals surface area contributed by atoms with E-state index >= 15 is 0 Å². The molecule has 2 aliphatic rings. The van der Waals surface area contributed by atoms with Gasteiger partial charge in [0.05, 0.1) is 11.8 Å². The number of carbonyl (C=O) groups is 3. The Balaban J connectivity index is 2.37. The zero-order chi connectivity index (χ0) is 21.7. The molecule has 0 saturated carbocycles. The van der Waals surface area contributed by atoms with E-state index in [1.165, 1.54) is 6.92 Å². The van der Waals surface area contributed by atoms with Gasteiger partial charge in [-0.15, -0.1) is 0 Å². The minimum Gasteiger partial charge on any atom is -0.461 e. The van der Waals surface area contributed by atoms with Gasteiger partial charge in [-0.2, -0.15) is 0 Å². The van der Waals surface area contributed by atoms with Crippen LogP contribution in [0.15, 0.2) is 35.5 Å². The summed E-state index contributed by atoms with van der Waals surface area (Å²) >= 11 is 0. The zero-order valence-electron chi connectivity index (χ0n) is 17.5. The van der Waals surface area contributed by atoms with E-state index in [9.17, 15) is 19.5 Å². The maximum Gasteiger partial charge on any atom is 0.334 e. The molecule has 1 aliphatic heterocycles. The van der Waals surface area contributed by atoms with E-state index in [-0.39, 0.29) is 24.1 Å². The van der Waals surface area contributed by atoms with Crippen LogP contribution in [0.2, 0.25) is 0 Å². The molecular formula is C22H30O7. The van der Waals surface area contributed by atoms with Crippen LogP contribution in [0.25, 0.3) is 0 Å². The smallest absolute Gasteiger partial charge is 0.334 e. The van der Waals surface area contributed by atoms with Gasteiger partial charge < -0.3 is 19.3 Å². The minimum absolute atomic E-state index is 0.111. The van der Waals surface area contributed by atoms with Crippen molar-refractivity contribution >= 4 is 17.9 Å². The van der Waals surface area contributed by atoms with Gasteiger partial charge in [0, 0.05) is 18.1 Å². The Bertz CT molecular complexity index is 733. The van der Waals surface area contributed by atoms with Crippen LogP contribution in [0.4, 0.5) is 0 Å². The van der Waals surface area contributed by atoms with Crippen molar-refractivity contribution in [3.8, 4) is 0 Å². The molecule has 0 spiro atoms. The highest BCUT2D eigenvalue weighted by molar-refractivity contribution is 5.91. The summed E-state index contributed by atoms with van der Waals surface area (Å²) in [7, 11) is 0. The van der Waals surface area contributed by atoms with Crippen LogP contribution in [-0.2, 0) is 28.6 Å². The number of hydrogen-bond donors (Lipinski definition) is 1. The average molecular weight is 406 g/mol. The second kappa shape index (κ2) is 9.87. The first kappa shape index (κ1) is 22.9. The molecule has 1 saturated heterocycles. The van der Waals surface area contributed by atoms with Crippen molar-refractivity contribution in [2.24, 2.45) is 11.8 Å². The van der Waals surface area contributed by atoms with Crippen molar-refractivity contribution in [2.75, 3.05) is 6.61 Å². The third-order valence-electron chi connectivity index (χ3n) is 5.39. The first-order valence-corrected chi connectivity index (χ1v) is 9.93. The third-order valence-corrected chi connectivity index (χ3v) is 5.39. The van der Waals surface area contributed by atoms with Gasteiger partial charge in [-0.05, 0) is 32.3 Å². The van der Waals surface area contributed by atoms with E-state index in [1.54, 1.807) is 13.0 Å². The van der Waals surface area contributed by atoms with Crippen LogP contribution in [0.5, 0.6) is 0 Å². The molecule has 0 aromatic carbocycles. The monoisotopic (exact) mass is 406 g/mol. The van der Waals surface area contributed by atoms with E-state index < -0.39 is 36.2 Å². The lowest BCUT2D eigenvalue weighted by atomic mass is 9.84. The molecule has 0 amide bonds. The van der Waals surface area contributed by atoms with E-state index in [2.05, 4.69) is 6.58 Å². The summed E-state index contributed by atoms with van der Waals surface area (Å²) in [6.45, 7) is 10.5. The summed E-state index contributed by atoms with van der Waals surface area (Å²) in [5.41, 5.74) is 1.60. The predicted molar refractivity (Wildman–Crippen MR) is 106 cm³/mol. The number of ether oxygens (including phenoxy) is 3. The van der Waals surface area contributed by atoms with Crippen LogP contribution in [-0.4, -0.2) is 47.9 Å². The summed E-state index contributed by atoms with van der Waals surface area (Å²) < 4.78 is 16.2. The second-order valence-electron chi connectivity index (χ2n) is 7.69. The number of fused-ring (bicyclic) bond motifs is 1. The van der Waals surface area contributed by atoms with Crippen molar-refractivity contribution in [1.82, 2.24) is 0 Å². The Kier molecular flexibility index (Phi) is 7.79. The van der Waals surface area contributed by atoms with Crippen molar-refractivity contribution in [3.05, 3.63) is 35.5 Å². The van der Waals surface area contributed by atoms with E-state index in [0.29, 0.717) is 24.8 Å². The Labute approximate surface area is 171 Å². The molecule has 2 rings (SSSR count). The summed E-state index contributed by atoms with van der Waals surface area (Å²) in [4.78, 5) is 35.9. The summed E-state index contributed by atoms with van der Waals surface area (Å²) in [5.74, 6) is -2.57. The predicted octanol–water partition coefficient (Wildman–Crippen LogP) is 2.63. The highest BCUT2D eigenvalue weighted by Crippen LogP contribution is 2.35. The third kappa shape index (κ3) is 5.56. The normalized spacial score (nSPS) is 32.0. The van der Waals surface area contributed by atoms with Crippen LogP contribution < -0.4 is 0 Å². The number of rotatable bonds is 5. The fraction of sp³-hybridized carbons (Fsp3) is 0.591. The molecular weight excluding hydrogens is 376 g/mol.